The van der Waals surface area contributed by atoms with E-state index < -0.39 is 0 Å². The molecule has 3 N–H and O–H groups in total. The summed E-state index contributed by atoms with van der Waals surface area (Å²) in [5, 5.41) is 12.3. The number of rotatable bonds is 3. The molecule has 0 atom stereocenters. The number of fused-ring (bicyclic) bond motifs is 1. The summed E-state index contributed by atoms with van der Waals surface area (Å²) in [4.78, 5) is 20.7. The van der Waals surface area contributed by atoms with Gasteiger partial charge in [0.2, 0.25) is 0 Å². The zero-order valence-corrected chi connectivity index (χ0v) is 11.5. The van der Waals surface area contributed by atoms with Gasteiger partial charge < -0.3 is 15.3 Å². The highest BCUT2D eigenvalue weighted by molar-refractivity contribution is 6.33. The third-order valence-corrected chi connectivity index (χ3v) is 3.30. The van der Waals surface area contributed by atoms with E-state index in [0.717, 1.165) is 16.6 Å². The normalized spacial score (nSPS) is 10.5. The van der Waals surface area contributed by atoms with Crippen LogP contribution in [0.5, 0.6) is 0 Å². The molecule has 0 fully saturated rings. The molecule has 0 aliphatic carbocycles. The number of nitrogens with zero attached hydrogens (tertiary/aromatic N) is 2. The SMILES string of the molecule is N#Cc1cnc(NCc2ccc3[nH]c(=O)[nH]c3c2)c(Cl)c1. The lowest BCUT2D eigenvalue weighted by molar-refractivity contribution is 1.11. The zero-order chi connectivity index (χ0) is 14.8. The zero-order valence-electron chi connectivity index (χ0n) is 10.8. The van der Waals surface area contributed by atoms with Crippen molar-refractivity contribution in [1.82, 2.24) is 15.0 Å². The highest BCUT2D eigenvalue weighted by Crippen LogP contribution is 2.20. The quantitative estimate of drug-likeness (QED) is 0.691. The fourth-order valence-corrected chi connectivity index (χ4v) is 2.24. The van der Waals surface area contributed by atoms with E-state index in [1.54, 1.807) is 6.07 Å². The van der Waals surface area contributed by atoms with Crippen LogP contribution in [0.4, 0.5) is 5.82 Å². The number of H-pyrrole nitrogens is 2. The highest BCUT2D eigenvalue weighted by atomic mass is 35.5. The maximum Gasteiger partial charge on any atom is 0.323 e. The topological polar surface area (TPSA) is 97.4 Å². The first-order valence-corrected chi connectivity index (χ1v) is 6.54. The van der Waals surface area contributed by atoms with Gasteiger partial charge in [0.15, 0.2) is 0 Å². The van der Waals surface area contributed by atoms with Crippen LogP contribution < -0.4 is 11.0 Å². The van der Waals surface area contributed by atoms with E-state index in [-0.39, 0.29) is 5.69 Å². The molecule has 3 aromatic rings. The summed E-state index contributed by atoms with van der Waals surface area (Å²) in [6, 6.07) is 9.14. The number of halogens is 1. The van der Waals surface area contributed by atoms with Gasteiger partial charge in [-0.2, -0.15) is 5.26 Å². The molecule has 0 aliphatic heterocycles. The van der Waals surface area contributed by atoms with Crippen LogP contribution >= 0.6 is 11.6 Å². The first kappa shape index (κ1) is 13.2. The Morgan fingerprint density at radius 2 is 2.10 bits per heavy atom. The summed E-state index contributed by atoms with van der Waals surface area (Å²) in [7, 11) is 0. The standard InChI is InChI=1S/C14H10ClN5O/c15-10-3-9(5-16)7-18-13(10)17-6-8-1-2-11-12(4-8)20-14(21)19-11/h1-4,7H,6H2,(H,17,18)(H2,19,20,21). The number of hydrogen-bond acceptors (Lipinski definition) is 4. The van der Waals surface area contributed by atoms with E-state index in [1.807, 2.05) is 24.3 Å². The van der Waals surface area contributed by atoms with Crippen molar-refractivity contribution in [3.8, 4) is 6.07 Å². The summed E-state index contributed by atoms with van der Waals surface area (Å²) in [6.45, 7) is 0.502. The third-order valence-electron chi connectivity index (χ3n) is 3.01. The fraction of sp³-hybridized carbons (Fsp3) is 0.0714. The van der Waals surface area contributed by atoms with Crippen molar-refractivity contribution in [1.29, 1.82) is 5.26 Å². The number of anilines is 1. The van der Waals surface area contributed by atoms with Crippen LogP contribution in [0.15, 0.2) is 35.3 Å². The molecule has 0 spiro atoms. The molecule has 0 radical (unpaired) electrons. The molecule has 0 aliphatic rings. The molecule has 0 amide bonds. The molecular formula is C14H10ClN5O. The van der Waals surface area contributed by atoms with Gasteiger partial charge in [-0.1, -0.05) is 17.7 Å². The Labute approximate surface area is 124 Å². The minimum absolute atomic E-state index is 0.230. The molecule has 2 heterocycles. The van der Waals surface area contributed by atoms with Crippen LogP contribution in [0.2, 0.25) is 5.02 Å². The van der Waals surface area contributed by atoms with Crippen molar-refractivity contribution >= 4 is 28.5 Å². The Bertz CT molecular complexity index is 906. The van der Waals surface area contributed by atoms with Gasteiger partial charge in [-0.25, -0.2) is 9.78 Å². The number of aromatic amines is 2. The molecule has 7 heteroatoms. The molecule has 3 rings (SSSR count). The van der Waals surface area contributed by atoms with Gasteiger partial charge in [-0.15, -0.1) is 0 Å². The van der Waals surface area contributed by atoms with Crippen LogP contribution in [0, 0.1) is 11.3 Å². The number of benzene rings is 1. The number of aromatic nitrogens is 3. The van der Waals surface area contributed by atoms with Gasteiger partial charge in [0, 0.05) is 12.7 Å². The highest BCUT2D eigenvalue weighted by Gasteiger charge is 2.04. The van der Waals surface area contributed by atoms with E-state index >= 15 is 0 Å². The second kappa shape index (κ2) is 5.31. The van der Waals surface area contributed by atoms with Crippen LogP contribution in [0.3, 0.4) is 0 Å². The minimum Gasteiger partial charge on any atom is -0.365 e. The predicted molar refractivity (Wildman–Crippen MR) is 80.2 cm³/mol. The van der Waals surface area contributed by atoms with Crippen LogP contribution in [0.1, 0.15) is 11.1 Å². The molecule has 104 valence electrons. The Hall–Kier alpha value is -2.78. The van der Waals surface area contributed by atoms with Crippen LogP contribution in [-0.4, -0.2) is 15.0 Å². The van der Waals surface area contributed by atoms with Crippen molar-refractivity contribution in [2.75, 3.05) is 5.32 Å². The monoisotopic (exact) mass is 299 g/mol. The van der Waals surface area contributed by atoms with E-state index in [1.165, 1.54) is 6.20 Å². The Morgan fingerprint density at radius 1 is 1.29 bits per heavy atom. The number of nitriles is 1. The summed E-state index contributed by atoms with van der Waals surface area (Å²) >= 11 is 6.04. The number of pyridine rings is 1. The van der Waals surface area contributed by atoms with Gasteiger partial charge in [-0.3, -0.25) is 0 Å². The maximum atomic E-state index is 11.2. The molecular weight excluding hydrogens is 290 g/mol. The maximum absolute atomic E-state index is 11.2. The summed E-state index contributed by atoms with van der Waals surface area (Å²) in [5.74, 6) is 0.512. The molecule has 6 nitrogen and oxygen atoms in total. The van der Waals surface area contributed by atoms with Crippen LogP contribution in [0.25, 0.3) is 11.0 Å². The average Bonchev–Trinajstić information content (AvgIpc) is 2.85. The van der Waals surface area contributed by atoms with Gasteiger partial charge >= 0.3 is 5.69 Å². The lowest BCUT2D eigenvalue weighted by Gasteiger charge is -2.07. The minimum atomic E-state index is -0.230. The van der Waals surface area contributed by atoms with E-state index in [4.69, 9.17) is 16.9 Å². The van der Waals surface area contributed by atoms with Crippen molar-refractivity contribution < 1.29 is 0 Å². The van der Waals surface area contributed by atoms with Crippen molar-refractivity contribution in [2.24, 2.45) is 0 Å². The second-order valence-corrected chi connectivity index (χ2v) is 4.89. The first-order chi connectivity index (χ1) is 10.2. The molecule has 0 saturated carbocycles. The number of imidazole rings is 1. The third kappa shape index (κ3) is 2.73. The Kier molecular flexibility index (Phi) is 3.34. The van der Waals surface area contributed by atoms with Crippen LogP contribution in [-0.2, 0) is 6.54 Å². The van der Waals surface area contributed by atoms with Gasteiger partial charge in [0.1, 0.15) is 11.9 Å². The van der Waals surface area contributed by atoms with E-state index in [0.29, 0.717) is 22.9 Å². The molecule has 21 heavy (non-hydrogen) atoms. The molecule has 2 aromatic heterocycles. The molecule has 0 saturated heterocycles. The van der Waals surface area contributed by atoms with Crippen molar-refractivity contribution in [2.45, 2.75) is 6.54 Å². The van der Waals surface area contributed by atoms with Gasteiger partial charge in [-0.05, 0) is 23.8 Å². The summed E-state index contributed by atoms with van der Waals surface area (Å²) in [6.07, 6.45) is 1.46. The molecule has 0 bridgehead atoms. The summed E-state index contributed by atoms with van der Waals surface area (Å²) < 4.78 is 0. The van der Waals surface area contributed by atoms with Gasteiger partial charge in [0.25, 0.3) is 0 Å². The largest absolute Gasteiger partial charge is 0.365 e. The first-order valence-electron chi connectivity index (χ1n) is 6.16. The van der Waals surface area contributed by atoms with E-state index in [2.05, 4.69) is 20.3 Å². The lowest BCUT2D eigenvalue weighted by atomic mass is 10.2. The van der Waals surface area contributed by atoms with Crippen molar-refractivity contribution in [3.63, 3.8) is 0 Å². The van der Waals surface area contributed by atoms with Gasteiger partial charge in [0.05, 0.1) is 21.6 Å². The molecule has 0 unspecified atom stereocenters. The van der Waals surface area contributed by atoms with E-state index in [9.17, 15) is 4.79 Å². The average molecular weight is 300 g/mol. The Balaban J connectivity index is 1.80. The van der Waals surface area contributed by atoms with Crippen molar-refractivity contribution in [3.05, 3.63) is 57.1 Å². The summed E-state index contributed by atoms with van der Waals surface area (Å²) in [5.41, 5.74) is 2.67. The predicted octanol–water partition coefficient (Wildman–Crippen LogP) is 2.39. The fourth-order valence-electron chi connectivity index (χ4n) is 2.00. The lowest BCUT2D eigenvalue weighted by Crippen LogP contribution is -2.02. The smallest absolute Gasteiger partial charge is 0.323 e. The number of nitrogens with one attached hydrogen (secondary N) is 3. The second-order valence-electron chi connectivity index (χ2n) is 4.48. The molecule has 1 aromatic carbocycles. The number of hydrogen-bond donors (Lipinski definition) is 3. The Morgan fingerprint density at radius 3 is 2.86 bits per heavy atom.